The van der Waals surface area contributed by atoms with E-state index in [1.165, 1.54) is 11.3 Å². The summed E-state index contributed by atoms with van der Waals surface area (Å²) in [6.07, 6.45) is 8.14. The van der Waals surface area contributed by atoms with E-state index in [9.17, 15) is 0 Å². The van der Waals surface area contributed by atoms with E-state index in [4.69, 9.17) is 0 Å². The summed E-state index contributed by atoms with van der Waals surface area (Å²) >= 11 is 0. The van der Waals surface area contributed by atoms with Crippen molar-refractivity contribution in [3.05, 3.63) is 35.8 Å². The molecule has 0 aliphatic carbocycles. The second-order valence-electron chi connectivity index (χ2n) is 2.10. The maximum Gasteiger partial charge on any atom is 0.0577 e. The first-order valence-electron chi connectivity index (χ1n) is 3.04. The van der Waals surface area contributed by atoms with Gasteiger partial charge in [0.15, 0.2) is 0 Å². The third kappa shape index (κ3) is 0.633. The molecule has 0 amide bonds. The zero-order valence-corrected chi connectivity index (χ0v) is 5.02. The van der Waals surface area contributed by atoms with Crippen LogP contribution in [0.3, 0.4) is 0 Å². The van der Waals surface area contributed by atoms with Gasteiger partial charge in [-0.15, -0.1) is 0 Å². The van der Waals surface area contributed by atoms with Gasteiger partial charge in [0, 0.05) is 18.9 Å². The number of fused-ring (bicyclic) bond motifs is 1. The van der Waals surface area contributed by atoms with Crippen LogP contribution in [0.25, 0.3) is 0 Å². The Morgan fingerprint density at radius 2 is 2.44 bits per heavy atom. The monoisotopic (exact) mass is 120 g/mol. The molecule has 0 radical (unpaired) electrons. The fraction of sp³-hybridized carbons (Fsp3) is 0.143. The summed E-state index contributed by atoms with van der Waals surface area (Å²) in [6.45, 7) is 0.965. The van der Waals surface area contributed by atoms with E-state index in [2.05, 4.69) is 22.8 Å². The van der Waals surface area contributed by atoms with Gasteiger partial charge in [-0.25, -0.2) is 0 Å². The maximum absolute atomic E-state index is 3.21. The van der Waals surface area contributed by atoms with Gasteiger partial charge in [0.2, 0.25) is 0 Å². The SMILES string of the molecule is C1=CC2=CCNC2=CN1. The Labute approximate surface area is 53.9 Å². The Balaban J connectivity index is 2.37. The summed E-state index contributed by atoms with van der Waals surface area (Å²) in [4.78, 5) is 0. The van der Waals surface area contributed by atoms with Gasteiger partial charge in [-0.3, -0.25) is 0 Å². The van der Waals surface area contributed by atoms with Gasteiger partial charge < -0.3 is 10.6 Å². The number of allylic oxidation sites excluding steroid dienone is 1. The van der Waals surface area contributed by atoms with Gasteiger partial charge in [0.1, 0.15) is 0 Å². The Bertz CT molecular complexity index is 211. The molecule has 0 spiro atoms. The molecule has 0 saturated heterocycles. The van der Waals surface area contributed by atoms with E-state index in [1.807, 2.05) is 12.4 Å². The highest BCUT2D eigenvalue weighted by atomic mass is 14.9. The lowest BCUT2D eigenvalue weighted by Gasteiger charge is -2.06. The van der Waals surface area contributed by atoms with Crippen molar-refractivity contribution < 1.29 is 0 Å². The van der Waals surface area contributed by atoms with E-state index in [0.29, 0.717) is 0 Å². The molecule has 2 N–H and O–H groups in total. The fourth-order valence-corrected chi connectivity index (χ4v) is 1.04. The average Bonchev–Trinajstić information content (AvgIpc) is 2.33. The van der Waals surface area contributed by atoms with Crippen molar-refractivity contribution in [2.75, 3.05) is 6.54 Å². The Morgan fingerprint density at radius 1 is 1.44 bits per heavy atom. The summed E-state index contributed by atoms with van der Waals surface area (Å²) in [5, 5.41) is 6.22. The quantitative estimate of drug-likeness (QED) is 0.485. The first-order valence-corrected chi connectivity index (χ1v) is 3.04. The van der Waals surface area contributed by atoms with Crippen molar-refractivity contribution in [1.82, 2.24) is 10.6 Å². The molecule has 0 saturated carbocycles. The topological polar surface area (TPSA) is 24.1 Å². The first kappa shape index (κ1) is 4.68. The largest absolute Gasteiger partial charge is 0.380 e. The molecule has 2 aliphatic heterocycles. The summed E-state index contributed by atoms with van der Waals surface area (Å²) < 4.78 is 0. The van der Waals surface area contributed by atoms with Gasteiger partial charge in [-0.2, -0.15) is 0 Å². The van der Waals surface area contributed by atoms with Crippen LogP contribution >= 0.6 is 0 Å². The van der Waals surface area contributed by atoms with Crippen LogP contribution in [-0.4, -0.2) is 6.54 Å². The lowest BCUT2D eigenvalue weighted by molar-refractivity contribution is 0.946. The third-order valence-electron chi connectivity index (χ3n) is 1.51. The van der Waals surface area contributed by atoms with Gasteiger partial charge in [0.25, 0.3) is 0 Å². The van der Waals surface area contributed by atoms with Crippen LogP contribution in [0, 0.1) is 0 Å². The van der Waals surface area contributed by atoms with Crippen LogP contribution in [0.2, 0.25) is 0 Å². The van der Waals surface area contributed by atoms with Crippen LogP contribution in [-0.2, 0) is 0 Å². The molecular weight excluding hydrogens is 112 g/mol. The molecule has 0 aromatic heterocycles. The van der Waals surface area contributed by atoms with Crippen LogP contribution in [0.5, 0.6) is 0 Å². The molecule has 2 rings (SSSR count). The molecule has 46 valence electrons. The Morgan fingerprint density at radius 3 is 3.33 bits per heavy atom. The number of rotatable bonds is 0. The predicted molar refractivity (Wildman–Crippen MR) is 36.4 cm³/mol. The normalized spacial score (nSPS) is 21.3. The average molecular weight is 120 g/mol. The smallest absolute Gasteiger partial charge is 0.0577 e. The van der Waals surface area contributed by atoms with Crippen molar-refractivity contribution in [2.24, 2.45) is 0 Å². The van der Waals surface area contributed by atoms with E-state index < -0.39 is 0 Å². The molecule has 2 heterocycles. The molecule has 0 atom stereocenters. The highest BCUT2D eigenvalue weighted by molar-refractivity contribution is 5.44. The molecule has 2 nitrogen and oxygen atoms in total. The van der Waals surface area contributed by atoms with E-state index in [-0.39, 0.29) is 0 Å². The van der Waals surface area contributed by atoms with Crippen molar-refractivity contribution in [3.8, 4) is 0 Å². The van der Waals surface area contributed by atoms with E-state index in [1.54, 1.807) is 0 Å². The van der Waals surface area contributed by atoms with Gasteiger partial charge in [-0.1, -0.05) is 6.08 Å². The summed E-state index contributed by atoms with van der Waals surface area (Å²) in [7, 11) is 0. The molecule has 0 fully saturated rings. The van der Waals surface area contributed by atoms with Crippen LogP contribution < -0.4 is 10.6 Å². The minimum absolute atomic E-state index is 0.965. The summed E-state index contributed by atoms with van der Waals surface area (Å²) in [6, 6.07) is 0. The zero-order chi connectivity index (χ0) is 6.10. The van der Waals surface area contributed by atoms with E-state index >= 15 is 0 Å². The maximum atomic E-state index is 3.21. The highest BCUT2D eigenvalue weighted by Gasteiger charge is 2.08. The molecule has 9 heavy (non-hydrogen) atoms. The second-order valence-corrected chi connectivity index (χ2v) is 2.10. The molecule has 0 aromatic rings. The minimum Gasteiger partial charge on any atom is -0.380 e. The Hall–Kier alpha value is -1.18. The van der Waals surface area contributed by atoms with Crippen LogP contribution in [0.1, 0.15) is 0 Å². The number of hydrogen-bond acceptors (Lipinski definition) is 2. The molecule has 0 aromatic carbocycles. The van der Waals surface area contributed by atoms with Crippen molar-refractivity contribution in [3.63, 3.8) is 0 Å². The lowest BCUT2D eigenvalue weighted by Crippen LogP contribution is -2.11. The molecule has 2 aliphatic rings. The predicted octanol–water partition coefficient (Wildman–Crippen LogP) is 0.474. The molecular formula is C7H8N2. The number of dihydropyridines is 1. The molecule has 2 heteroatoms. The standard InChI is InChI=1S/C7H8N2/c1-3-8-5-7-6(1)2-4-9-7/h1-3,5,8-9H,4H2. The van der Waals surface area contributed by atoms with Crippen molar-refractivity contribution in [2.45, 2.75) is 0 Å². The highest BCUT2D eigenvalue weighted by Crippen LogP contribution is 2.14. The first-order chi connectivity index (χ1) is 4.47. The van der Waals surface area contributed by atoms with Crippen LogP contribution in [0.15, 0.2) is 35.8 Å². The van der Waals surface area contributed by atoms with Crippen molar-refractivity contribution in [1.29, 1.82) is 0 Å². The van der Waals surface area contributed by atoms with Crippen LogP contribution in [0.4, 0.5) is 0 Å². The minimum atomic E-state index is 0.965. The molecule has 0 bridgehead atoms. The second kappa shape index (κ2) is 1.65. The Kier molecular flexibility index (Phi) is 0.859. The van der Waals surface area contributed by atoms with Gasteiger partial charge in [0.05, 0.1) is 5.70 Å². The zero-order valence-electron chi connectivity index (χ0n) is 5.02. The third-order valence-corrected chi connectivity index (χ3v) is 1.51. The lowest BCUT2D eigenvalue weighted by atomic mass is 10.2. The van der Waals surface area contributed by atoms with E-state index in [0.717, 1.165) is 6.54 Å². The number of nitrogens with one attached hydrogen (secondary N) is 2. The van der Waals surface area contributed by atoms with Gasteiger partial charge >= 0.3 is 0 Å². The van der Waals surface area contributed by atoms with Crippen molar-refractivity contribution >= 4 is 0 Å². The summed E-state index contributed by atoms with van der Waals surface area (Å²) in [5.41, 5.74) is 2.51. The fourth-order valence-electron chi connectivity index (χ4n) is 1.04. The van der Waals surface area contributed by atoms with Gasteiger partial charge in [-0.05, 0) is 11.6 Å². The summed E-state index contributed by atoms with van der Waals surface area (Å²) in [5.74, 6) is 0. The molecule has 0 unspecified atom stereocenters. The number of hydrogen-bond donors (Lipinski definition) is 2.